The van der Waals surface area contributed by atoms with Crippen LogP contribution in [0.4, 0.5) is 4.79 Å². The van der Waals surface area contributed by atoms with Gasteiger partial charge in [0.1, 0.15) is 0 Å². The molecule has 1 aliphatic rings. The molecule has 0 spiro atoms. The number of amides is 2. The summed E-state index contributed by atoms with van der Waals surface area (Å²) >= 11 is 0. The van der Waals surface area contributed by atoms with Crippen molar-refractivity contribution in [1.82, 2.24) is 9.80 Å². The zero-order valence-electron chi connectivity index (χ0n) is 10.5. The van der Waals surface area contributed by atoms with Crippen LogP contribution in [0.15, 0.2) is 0 Å². The highest BCUT2D eigenvalue weighted by Gasteiger charge is 2.19. The van der Waals surface area contributed by atoms with Gasteiger partial charge >= 0.3 is 6.03 Å². The number of urea groups is 1. The van der Waals surface area contributed by atoms with Crippen LogP contribution in [0.5, 0.6) is 0 Å². The number of nitrogens with zero attached hydrogens (tertiary/aromatic N) is 2. The Balaban J connectivity index is 2.18. The van der Waals surface area contributed by atoms with E-state index in [1.807, 2.05) is 16.8 Å². The molecule has 2 N–H and O–H groups in total. The molecule has 0 bridgehead atoms. The smallest absolute Gasteiger partial charge is 0.319 e. The average Bonchev–Trinajstić information content (AvgIpc) is 2.34. The van der Waals surface area contributed by atoms with Crippen LogP contribution in [0.3, 0.4) is 0 Å². The number of likely N-dealkylation sites (tertiary alicyclic amines) is 1. The molecule has 0 aromatic carbocycles. The van der Waals surface area contributed by atoms with Crippen LogP contribution in [0.25, 0.3) is 0 Å². The summed E-state index contributed by atoms with van der Waals surface area (Å²) in [6.07, 6.45) is 6.83. The molecule has 2 amide bonds. The predicted molar refractivity (Wildman–Crippen MR) is 66.4 cm³/mol. The second kappa shape index (κ2) is 7.49. The lowest BCUT2D eigenvalue weighted by Crippen LogP contribution is -2.44. The minimum Gasteiger partial charge on any atom is -0.330 e. The second-order valence-electron chi connectivity index (χ2n) is 4.60. The van der Waals surface area contributed by atoms with Crippen LogP contribution in [0.1, 0.15) is 38.5 Å². The molecule has 0 saturated carbocycles. The van der Waals surface area contributed by atoms with Gasteiger partial charge in [-0.05, 0) is 38.6 Å². The van der Waals surface area contributed by atoms with E-state index in [2.05, 4.69) is 0 Å². The molecule has 0 atom stereocenters. The maximum Gasteiger partial charge on any atom is 0.319 e. The highest BCUT2D eigenvalue weighted by atomic mass is 16.2. The number of hydrogen-bond donors (Lipinski definition) is 1. The van der Waals surface area contributed by atoms with Crippen molar-refractivity contribution in [2.45, 2.75) is 38.5 Å². The molecule has 16 heavy (non-hydrogen) atoms. The highest BCUT2D eigenvalue weighted by molar-refractivity contribution is 5.74. The van der Waals surface area contributed by atoms with E-state index in [9.17, 15) is 4.79 Å². The van der Waals surface area contributed by atoms with Crippen LogP contribution in [0, 0.1) is 0 Å². The van der Waals surface area contributed by atoms with E-state index in [0.29, 0.717) is 0 Å². The van der Waals surface area contributed by atoms with Gasteiger partial charge in [0.25, 0.3) is 0 Å². The van der Waals surface area contributed by atoms with Gasteiger partial charge in [0.2, 0.25) is 0 Å². The topological polar surface area (TPSA) is 49.6 Å². The second-order valence-corrected chi connectivity index (χ2v) is 4.60. The molecule has 0 unspecified atom stereocenters. The first-order chi connectivity index (χ1) is 7.75. The Bertz CT molecular complexity index is 202. The number of hydrogen-bond acceptors (Lipinski definition) is 2. The van der Waals surface area contributed by atoms with E-state index in [4.69, 9.17) is 5.73 Å². The van der Waals surface area contributed by atoms with Gasteiger partial charge in [0, 0.05) is 26.7 Å². The monoisotopic (exact) mass is 227 g/mol. The Hall–Kier alpha value is -0.770. The van der Waals surface area contributed by atoms with Gasteiger partial charge in [-0.15, -0.1) is 0 Å². The first-order valence-electron chi connectivity index (χ1n) is 6.46. The fraction of sp³-hybridized carbons (Fsp3) is 0.917. The molecule has 1 heterocycles. The molecule has 4 heteroatoms. The van der Waals surface area contributed by atoms with E-state index in [0.717, 1.165) is 58.3 Å². The lowest BCUT2D eigenvalue weighted by atomic mass is 10.1. The molecular weight excluding hydrogens is 202 g/mol. The zero-order chi connectivity index (χ0) is 11.8. The molecular formula is C12H25N3O. The Morgan fingerprint density at radius 1 is 1.19 bits per heavy atom. The standard InChI is InChI=1S/C12H25N3O/c1-14(9-5-2-4-8-13)12(16)15-10-6-3-7-11-15/h2-11,13H2,1H3. The number of carbonyl (C=O) groups excluding carboxylic acids is 1. The molecule has 0 aromatic rings. The third-order valence-electron chi connectivity index (χ3n) is 3.15. The number of piperidine rings is 1. The van der Waals surface area contributed by atoms with Gasteiger partial charge in [-0.3, -0.25) is 0 Å². The van der Waals surface area contributed by atoms with Crippen LogP contribution in [-0.2, 0) is 0 Å². The molecule has 94 valence electrons. The molecule has 0 aliphatic carbocycles. The SMILES string of the molecule is CN(CCCCCN)C(=O)N1CCCCC1. The summed E-state index contributed by atoms with van der Waals surface area (Å²) in [5.74, 6) is 0. The lowest BCUT2D eigenvalue weighted by Gasteiger charge is -2.31. The highest BCUT2D eigenvalue weighted by Crippen LogP contribution is 2.11. The van der Waals surface area contributed by atoms with Crippen LogP contribution in [-0.4, -0.2) is 49.1 Å². The van der Waals surface area contributed by atoms with Crippen molar-refractivity contribution < 1.29 is 4.79 Å². The van der Waals surface area contributed by atoms with Gasteiger partial charge in [0.05, 0.1) is 0 Å². The van der Waals surface area contributed by atoms with E-state index in [-0.39, 0.29) is 6.03 Å². The Morgan fingerprint density at radius 3 is 2.50 bits per heavy atom. The Labute approximate surface area is 98.8 Å². The summed E-state index contributed by atoms with van der Waals surface area (Å²) in [6, 6.07) is 0.201. The minimum absolute atomic E-state index is 0.201. The van der Waals surface area contributed by atoms with Gasteiger partial charge in [-0.25, -0.2) is 4.79 Å². The number of unbranched alkanes of at least 4 members (excludes halogenated alkanes) is 2. The van der Waals surface area contributed by atoms with Crippen molar-refractivity contribution in [2.24, 2.45) is 5.73 Å². The van der Waals surface area contributed by atoms with Crippen molar-refractivity contribution in [3.8, 4) is 0 Å². The van der Waals surface area contributed by atoms with Crippen molar-refractivity contribution >= 4 is 6.03 Å². The summed E-state index contributed by atoms with van der Waals surface area (Å²) in [5.41, 5.74) is 5.43. The molecule has 0 aromatic heterocycles. The van der Waals surface area contributed by atoms with Crippen molar-refractivity contribution in [1.29, 1.82) is 0 Å². The Kier molecular flexibility index (Phi) is 6.23. The van der Waals surface area contributed by atoms with Gasteiger partial charge in [-0.2, -0.15) is 0 Å². The van der Waals surface area contributed by atoms with Gasteiger partial charge in [0.15, 0.2) is 0 Å². The molecule has 0 radical (unpaired) electrons. The van der Waals surface area contributed by atoms with Gasteiger partial charge in [-0.1, -0.05) is 6.42 Å². The summed E-state index contributed by atoms with van der Waals surface area (Å²) in [6.45, 7) is 3.48. The summed E-state index contributed by atoms with van der Waals surface area (Å²) in [4.78, 5) is 15.8. The van der Waals surface area contributed by atoms with E-state index in [1.54, 1.807) is 0 Å². The van der Waals surface area contributed by atoms with Gasteiger partial charge < -0.3 is 15.5 Å². The quantitative estimate of drug-likeness (QED) is 0.726. The fourth-order valence-corrected chi connectivity index (χ4v) is 2.09. The van der Waals surface area contributed by atoms with E-state index < -0.39 is 0 Å². The lowest BCUT2D eigenvalue weighted by molar-refractivity contribution is 0.152. The van der Waals surface area contributed by atoms with Crippen molar-refractivity contribution in [3.63, 3.8) is 0 Å². The van der Waals surface area contributed by atoms with E-state index >= 15 is 0 Å². The maximum atomic E-state index is 12.0. The largest absolute Gasteiger partial charge is 0.330 e. The predicted octanol–water partition coefficient (Wildman–Crippen LogP) is 1.65. The first-order valence-corrected chi connectivity index (χ1v) is 6.46. The van der Waals surface area contributed by atoms with E-state index in [1.165, 1.54) is 6.42 Å². The average molecular weight is 227 g/mol. The molecule has 1 rings (SSSR count). The zero-order valence-corrected chi connectivity index (χ0v) is 10.5. The fourth-order valence-electron chi connectivity index (χ4n) is 2.09. The summed E-state index contributed by atoms with van der Waals surface area (Å²) < 4.78 is 0. The van der Waals surface area contributed by atoms with Crippen molar-refractivity contribution in [3.05, 3.63) is 0 Å². The van der Waals surface area contributed by atoms with Crippen LogP contribution < -0.4 is 5.73 Å². The molecule has 1 fully saturated rings. The van der Waals surface area contributed by atoms with Crippen LogP contribution in [0.2, 0.25) is 0 Å². The van der Waals surface area contributed by atoms with Crippen molar-refractivity contribution in [2.75, 3.05) is 33.2 Å². The molecule has 1 saturated heterocycles. The molecule has 4 nitrogen and oxygen atoms in total. The third kappa shape index (κ3) is 4.39. The number of nitrogens with two attached hydrogens (primary N) is 1. The maximum absolute atomic E-state index is 12.0. The summed E-state index contributed by atoms with van der Waals surface area (Å²) in [7, 11) is 1.90. The summed E-state index contributed by atoms with van der Waals surface area (Å²) in [5, 5.41) is 0. The third-order valence-corrected chi connectivity index (χ3v) is 3.15. The normalized spacial score (nSPS) is 16.2. The number of carbonyl (C=O) groups is 1. The Morgan fingerprint density at radius 2 is 1.88 bits per heavy atom. The van der Waals surface area contributed by atoms with Crippen LogP contribution >= 0.6 is 0 Å². The molecule has 1 aliphatic heterocycles. The first kappa shape index (κ1) is 13.3. The minimum atomic E-state index is 0.201. The number of rotatable bonds is 5.